The number of non-ortho nitro benzene ring substituents is 1. The van der Waals surface area contributed by atoms with Crippen molar-refractivity contribution in [2.45, 2.75) is 31.1 Å². The van der Waals surface area contributed by atoms with E-state index in [0.29, 0.717) is 28.8 Å². The fraction of sp³-hybridized carbons (Fsp3) is 0.316. The summed E-state index contributed by atoms with van der Waals surface area (Å²) in [5.41, 5.74) is 0.929. The molecule has 1 aliphatic heterocycles. The molecule has 8 nitrogen and oxygen atoms in total. The largest absolute Gasteiger partial charge is 0.321 e. The summed E-state index contributed by atoms with van der Waals surface area (Å²) in [5.74, 6) is -0.559. The smallest absolute Gasteiger partial charge is 0.271 e. The molecule has 1 aliphatic rings. The second-order valence-electron chi connectivity index (χ2n) is 6.82. The number of nitro benzene ring substituents is 1. The van der Waals surface area contributed by atoms with Gasteiger partial charge in [-0.3, -0.25) is 14.9 Å². The van der Waals surface area contributed by atoms with Crippen LogP contribution in [-0.2, 0) is 10.0 Å². The van der Waals surface area contributed by atoms with Crippen molar-refractivity contribution in [3.63, 3.8) is 0 Å². The zero-order valence-corrected chi connectivity index (χ0v) is 18.1. The molecule has 154 valence electrons. The Morgan fingerprint density at radius 2 is 1.83 bits per heavy atom. The van der Waals surface area contributed by atoms with Crippen LogP contribution in [0.4, 0.5) is 11.4 Å². The minimum absolute atomic E-state index is 0.0449. The van der Waals surface area contributed by atoms with E-state index >= 15 is 0 Å². The lowest BCUT2D eigenvalue weighted by atomic mass is 10.1. The molecule has 29 heavy (non-hydrogen) atoms. The lowest BCUT2D eigenvalue weighted by Crippen LogP contribution is -2.35. The minimum Gasteiger partial charge on any atom is -0.321 e. The fourth-order valence-corrected chi connectivity index (χ4v) is 5.11. The topological polar surface area (TPSA) is 110 Å². The normalized spacial score (nSPS) is 15.1. The molecule has 0 aromatic heterocycles. The molecular formula is C19H20BrN3O5S. The molecule has 3 rings (SSSR count). The molecule has 0 radical (unpaired) electrons. The summed E-state index contributed by atoms with van der Waals surface area (Å²) in [4.78, 5) is 23.3. The van der Waals surface area contributed by atoms with Crippen LogP contribution in [0.15, 0.2) is 45.8 Å². The van der Waals surface area contributed by atoms with Crippen LogP contribution in [-0.4, -0.2) is 36.6 Å². The Morgan fingerprint density at radius 3 is 2.48 bits per heavy atom. The number of benzene rings is 2. The Labute approximate surface area is 177 Å². The SMILES string of the molecule is Cc1ccc([N+](=O)[O-])cc1NC(=O)c1cc(S(=O)(=O)N2CCCCC2)ccc1Br. The highest BCUT2D eigenvalue weighted by atomic mass is 79.9. The van der Waals surface area contributed by atoms with Crippen LogP contribution in [0.5, 0.6) is 0 Å². The molecule has 10 heteroatoms. The third-order valence-electron chi connectivity index (χ3n) is 4.82. The van der Waals surface area contributed by atoms with Gasteiger partial charge in [-0.2, -0.15) is 4.31 Å². The number of nitrogens with one attached hydrogen (secondary N) is 1. The lowest BCUT2D eigenvalue weighted by Gasteiger charge is -2.26. The van der Waals surface area contributed by atoms with Crippen LogP contribution in [0.3, 0.4) is 0 Å². The predicted molar refractivity (Wildman–Crippen MR) is 113 cm³/mol. The maximum absolute atomic E-state index is 12.9. The molecule has 0 saturated carbocycles. The lowest BCUT2D eigenvalue weighted by molar-refractivity contribution is -0.384. The summed E-state index contributed by atoms with van der Waals surface area (Å²) in [7, 11) is -3.69. The average molecular weight is 482 g/mol. The van der Waals surface area contributed by atoms with Crippen molar-refractivity contribution in [3.8, 4) is 0 Å². The summed E-state index contributed by atoms with van der Waals surface area (Å²) in [6.07, 6.45) is 2.63. The van der Waals surface area contributed by atoms with E-state index in [1.54, 1.807) is 13.0 Å². The van der Waals surface area contributed by atoms with Gasteiger partial charge in [0.1, 0.15) is 0 Å². The average Bonchev–Trinajstić information content (AvgIpc) is 2.70. The van der Waals surface area contributed by atoms with Gasteiger partial charge in [-0.1, -0.05) is 12.5 Å². The van der Waals surface area contributed by atoms with E-state index in [-0.39, 0.29) is 16.1 Å². The third-order valence-corrected chi connectivity index (χ3v) is 7.40. The van der Waals surface area contributed by atoms with Gasteiger partial charge in [-0.15, -0.1) is 0 Å². The number of rotatable bonds is 5. The van der Waals surface area contributed by atoms with E-state index in [0.717, 1.165) is 19.3 Å². The van der Waals surface area contributed by atoms with Gasteiger partial charge in [0.15, 0.2) is 0 Å². The number of aryl methyl sites for hydroxylation is 1. The molecule has 0 bridgehead atoms. The van der Waals surface area contributed by atoms with E-state index < -0.39 is 20.9 Å². The summed E-state index contributed by atoms with van der Waals surface area (Å²) < 4.78 is 27.7. The number of nitro groups is 1. The number of piperidine rings is 1. The molecule has 0 atom stereocenters. The number of halogens is 1. The van der Waals surface area contributed by atoms with Crippen molar-refractivity contribution in [1.29, 1.82) is 0 Å². The first-order chi connectivity index (χ1) is 13.7. The van der Waals surface area contributed by atoms with Crippen molar-refractivity contribution in [3.05, 3.63) is 62.1 Å². The Kier molecular flexibility index (Phi) is 6.35. The zero-order chi connectivity index (χ0) is 21.2. The van der Waals surface area contributed by atoms with Gasteiger partial charge in [0, 0.05) is 29.7 Å². The quantitative estimate of drug-likeness (QED) is 0.510. The molecule has 2 aromatic carbocycles. The Balaban J connectivity index is 1.91. The standard InChI is InChI=1S/C19H20BrN3O5S/c1-13-5-6-14(23(25)26)11-18(13)21-19(24)16-12-15(7-8-17(16)20)29(27,28)22-9-3-2-4-10-22/h5-8,11-12H,2-4,9-10H2,1H3,(H,21,24). The number of amides is 1. The van der Waals surface area contributed by atoms with E-state index in [9.17, 15) is 23.3 Å². The van der Waals surface area contributed by atoms with Gasteiger partial charge in [-0.25, -0.2) is 8.42 Å². The molecule has 2 aromatic rings. The minimum atomic E-state index is -3.69. The van der Waals surface area contributed by atoms with Crippen LogP contribution >= 0.6 is 15.9 Å². The second-order valence-corrected chi connectivity index (χ2v) is 9.61. The van der Waals surface area contributed by atoms with E-state index in [2.05, 4.69) is 21.2 Å². The van der Waals surface area contributed by atoms with Crippen LogP contribution in [0.25, 0.3) is 0 Å². The van der Waals surface area contributed by atoms with Crippen molar-refractivity contribution in [1.82, 2.24) is 4.31 Å². The summed E-state index contributed by atoms with van der Waals surface area (Å²) in [5, 5.41) is 13.6. The number of nitrogens with zero attached hydrogens (tertiary/aromatic N) is 2. The van der Waals surface area contributed by atoms with Gasteiger partial charge in [-0.05, 0) is 59.5 Å². The van der Waals surface area contributed by atoms with Crippen molar-refractivity contribution >= 4 is 43.2 Å². The van der Waals surface area contributed by atoms with Gasteiger partial charge in [0.2, 0.25) is 10.0 Å². The van der Waals surface area contributed by atoms with E-state index in [1.807, 2.05) is 0 Å². The first-order valence-corrected chi connectivity index (χ1v) is 11.3. The maximum Gasteiger partial charge on any atom is 0.271 e. The van der Waals surface area contributed by atoms with E-state index in [4.69, 9.17) is 0 Å². The number of hydrogen-bond donors (Lipinski definition) is 1. The maximum atomic E-state index is 12.9. The number of carbonyl (C=O) groups is 1. The molecular weight excluding hydrogens is 462 g/mol. The Morgan fingerprint density at radius 1 is 1.14 bits per heavy atom. The van der Waals surface area contributed by atoms with Crippen LogP contribution < -0.4 is 5.32 Å². The zero-order valence-electron chi connectivity index (χ0n) is 15.7. The Bertz CT molecular complexity index is 1070. The van der Waals surface area contributed by atoms with Crippen LogP contribution in [0, 0.1) is 17.0 Å². The molecule has 1 saturated heterocycles. The van der Waals surface area contributed by atoms with Gasteiger partial charge in [0.25, 0.3) is 11.6 Å². The monoisotopic (exact) mass is 481 g/mol. The van der Waals surface area contributed by atoms with E-state index in [1.165, 1.54) is 34.6 Å². The molecule has 0 unspecified atom stereocenters. The number of sulfonamides is 1. The number of carbonyl (C=O) groups excluding carboxylic acids is 1. The van der Waals surface area contributed by atoms with Gasteiger partial charge >= 0.3 is 0 Å². The molecule has 1 N–H and O–H groups in total. The molecule has 1 heterocycles. The predicted octanol–water partition coefficient (Wildman–Crippen LogP) is 4.09. The first-order valence-electron chi connectivity index (χ1n) is 9.06. The highest BCUT2D eigenvalue weighted by Gasteiger charge is 2.27. The van der Waals surface area contributed by atoms with Crippen molar-refractivity contribution in [2.75, 3.05) is 18.4 Å². The van der Waals surface area contributed by atoms with Gasteiger partial charge < -0.3 is 5.32 Å². The molecule has 1 amide bonds. The summed E-state index contributed by atoms with van der Waals surface area (Å²) in [6, 6.07) is 8.48. The first kappa shape index (κ1) is 21.4. The number of anilines is 1. The van der Waals surface area contributed by atoms with Crippen molar-refractivity contribution in [2.24, 2.45) is 0 Å². The van der Waals surface area contributed by atoms with Crippen LogP contribution in [0.2, 0.25) is 0 Å². The third kappa shape index (κ3) is 4.65. The molecule has 0 aliphatic carbocycles. The highest BCUT2D eigenvalue weighted by Crippen LogP contribution is 2.27. The summed E-state index contributed by atoms with van der Waals surface area (Å²) >= 11 is 3.29. The number of hydrogen-bond acceptors (Lipinski definition) is 5. The molecule has 1 fully saturated rings. The van der Waals surface area contributed by atoms with Crippen molar-refractivity contribution < 1.29 is 18.1 Å². The summed E-state index contributed by atoms with van der Waals surface area (Å²) in [6.45, 7) is 2.64. The van der Waals surface area contributed by atoms with Gasteiger partial charge in [0.05, 0.1) is 21.1 Å². The highest BCUT2D eigenvalue weighted by molar-refractivity contribution is 9.10. The second kappa shape index (κ2) is 8.60. The fourth-order valence-electron chi connectivity index (χ4n) is 3.14. The molecule has 0 spiro atoms. The van der Waals surface area contributed by atoms with Crippen LogP contribution in [0.1, 0.15) is 35.2 Å². The Hall–Kier alpha value is -2.30.